The molecule has 0 spiro atoms. The summed E-state index contributed by atoms with van der Waals surface area (Å²) >= 11 is 0. The van der Waals surface area contributed by atoms with Crippen LogP contribution in [-0.2, 0) is 0 Å². The van der Waals surface area contributed by atoms with Crippen LogP contribution in [0.25, 0.3) is 0 Å². The molecule has 1 atom stereocenters. The number of carbonyl (C=O) groups is 1. The van der Waals surface area contributed by atoms with Crippen LogP contribution in [-0.4, -0.2) is 59.6 Å². The first kappa shape index (κ1) is 16.5. The maximum absolute atomic E-state index is 12.6. The largest absolute Gasteiger partial charge is 0.378 e. The number of rotatable bonds is 2. The Morgan fingerprint density at radius 2 is 2.14 bits per heavy atom. The summed E-state index contributed by atoms with van der Waals surface area (Å²) in [7, 11) is 4.09. The molecule has 1 amide bonds. The van der Waals surface area contributed by atoms with E-state index >= 15 is 0 Å². The van der Waals surface area contributed by atoms with Gasteiger partial charge in [-0.25, -0.2) is 0 Å². The normalized spacial score (nSPS) is 18.3. The van der Waals surface area contributed by atoms with E-state index in [1.54, 1.807) is 19.9 Å². The van der Waals surface area contributed by atoms with Crippen LogP contribution in [0.3, 0.4) is 0 Å². The molecule has 1 aromatic carbocycles. The minimum atomic E-state index is -1.03. The molecular formula is C18H24N2O2. The molecular weight excluding hydrogens is 276 g/mol. The molecule has 1 fully saturated rings. The van der Waals surface area contributed by atoms with Gasteiger partial charge in [-0.3, -0.25) is 4.79 Å². The van der Waals surface area contributed by atoms with E-state index in [1.165, 1.54) is 0 Å². The number of amides is 1. The van der Waals surface area contributed by atoms with E-state index in [-0.39, 0.29) is 5.91 Å². The SMILES string of the molecule is CN(C)C1CCN(C(=O)c2cccc(C#CC(C)(C)O)c2)C1. The minimum absolute atomic E-state index is 0.0521. The lowest BCUT2D eigenvalue weighted by atomic mass is 10.1. The molecule has 1 aromatic rings. The van der Waals surface area contributed by atoms with Crippen LogP contribution in [0.4, 0.5) is 0 Å². The van der Waals surface area contributed by atoms with Crippen molar-refractivity contribution in [2.24, 2.45) is 0 Å². The molecule has 4 heteroatoms. The van der Waals surface area contributed by atoms with Gasteiger partial charge in [-0.2, -0.15) is 0 Å². The summed E-state index contributed by atoms with van der Waals surface area (Å²) in [5, 5.41) is 9.66. The first-order chi connectivity index (χ1) is 10.3. The third kappa shape index (κ3) is 4.33. The third-order valence-electron chi connectivity index (χ3n) is 3.80. The number of aliphatic hydroxyl groups is 1. The highest BCUT2D eigenvalue weighted by molar-refractivity contribution is 5.94. The van der Waals surface area contributed by atoms with Crippen molar-refractivity contribution in [1.29, 1.82) is 0 Å². The molecule has 0 aromatic heterocycles. The fourth-order valence-electron chi connectivity index (χ4n) is 2.49. The van der Waals surface area contributed by atoms with E-state index in [9.17, 15) is 9.90 Å². The number of nitrogens with zero attached hydrogens (tertiary/aromatic N) is 2. The molecule has 118 valence electrons. The van der Waals surface area contributed by atoms with Gasteiger partial charge in [-0.15, -0.1) is 0 Å². The van der Waals surface area contributed by atoms with Crippen LogP contribution in [0.15, 0.2) is 24.3 Å². The summed E-state index contributed by atoms with van der Waals surface area (Å²) in [5.74, 6) is 5.74. The lowest BCUT2D eigenvalue weighted by molar-refractivity contribution is 0.0783. The Labute approximate surface area is 132 Å². The zero-order valence-corrected chi connectivity index (χ0v) is 13.8. The second-order valence-corrected chi connectivity index (χ2v) is 6.55. The van der Waals surface area contributed by atoms with Crippen LogP contribution in [0.5, 0.6) is 0 Å². The summed E-state index contributed by atoms with van der Waals surface area (Å²) in [6.07, 6.45) is 1.01. The summed E-state index contributed by atoms with van der Waals surface area (Å²) in [6.45, 7) is 4.84. The predicted octanol–water partition coefficient (Wildman–Crippen LogP) is 1.59. The van der Waals surface area contributed by atoms with Gasteiger partial charge in [0, 0.05) is 30.3 Å². The van der Waals surface area contributed by atoms with E-state index in [0.717, 1.165) is 25.1 Å². The highest BCUT2D eigenvalue weighted by Crippen LogP contribution is 2.17. The zero-order valence-electron chi connectivity index (χ0n) is 13.8. The number of benzene rings is 1. The predicted molar refractivity (Wildman–Crippen MR) is 87.6 cm³/mol. The van der Waals surface area contributed by atoms with Crippen LogP contribution in [0.2, 0.25) is 0 Å². The van der Waals surface area contributed by atoms with Gasteiger partial charge in [0.1, 0.15) is 5.60 Å². The molecule has 0 bridgehead atoms. The summed E-state index contributed by atoms with van der Waals surface area (Å²) in [6, 6.07) is 7.73. The maximum Gasteiger partial charge on any atom is 0.253 e. The van der Waals surface area contributed by atoms with Crippen molar-refractivity contribution in [3.05, 3.63) is 35.4 Å². The molecule has 22 heavy (non-hydrogen) atoms. The quantitative estimate of drug-likeness (QED) is 0.844. The molecule has 0 aliphatic carbocycles. The van der Waals surface area contributed by atoms with Crippen molar-refractivity contribution >= 4 is 5.91 Å². The van der Waals surface area contributed by atoms with E-state index in [2.05, 4.69) is 16.7 Å². The number of likely N-dealkylation sites (tertiary alicyclic amines) is 1. The smallest absolute Gasteiger partial charge is 0.253 e. The third-order valence-corrected chi connectivity index (χ3v) is 3.80. The van der Waals surface area contributed by atoms with Crippen molar-refractivity contribution < 1.29 is 9.90 Å². The topological polar surface area (TPSA) is 43.8 Å². The molecule has 1 aliphatic heterocycles. The number of hydrogen-bond acceptors (Lipinski definition) is 3. The number of carbonyl (C=O) groups excluding carboxylic acids is 1. The van der Waals surface area contributed by atoms with Crippen molar-refractivity contribution in [3.63, 3.8) is 0 Å². The van der Waals surface area contributed by atoms with Gasteiger partial charge in [-0.05, 0) is 52.6 Å². The monoisotopic (exact) mass is 300 g/mol. The molecule has 2 rings (SSSR count). The van der Waals surface area contributed by atoms with E-state index in [1.807, 2.05) is 37.2 Å². The fraction of sp³-hybridized carbons (Fsp3) is 0.500. The molecule has 4 nitrogen and oxygen atoms in total. The van der Waals surface area contributed by atoms with Gasteiger partial charge >= 0.3 is 0 Å². The fourth-order valence-corrected chi connectivity index (χ4v) is 2.49. The van der Waals surface area contributed by atoms with Gasteiger partial charge < -0.3 is 14.9 Å². The highest BCUT2D eigenvalue weighted by atomic mass is 16.3. The molecule has 0 radical (unpaired) electrons. The Balaban J connectivity index is 2.12. The lowest BCUT2D eigenvalue weighted by Gasteiger charge is -2.20. The van der Waals surface area contributed by atoms with Crippen LogP contribution >= 0.6 is 0 Å². The van der Waals surface area contributed by atoms with Crippen LogP contribution in [0.1, 0.15) is 36.2 Å². The first-order valence-electron chi connectivity index (χ1n) is 7.57. The second kappa shape index (κ2) is 6.51. The van der Waals surface area contributed by atoms with Crippen molar-refractivity contribution in [2.75, 3.05) is 27.2 Å². The van der Waals surface area contributed by atoms with Gasteiger partial charge in [0.15, 0.2) is 0 Å². The van der Waals surface area contributed by atoms with E-state index in [4.69, 9.17) is 0 Å². The van der Waals surface area contributed by atoms with Crippen molar-refractivity contribution in [3.8, 4) is 11.8 Å². The second-order valence-electron chi connectivity index (χ2n) is 6.55. The average Bonchev–Trinajstić information content (AvgIpc) is 2.94. The Morgan fingerprint density at radius 1 is 1.41 bits per heavy atom. The van der Waals surface area contributed by atoms with Gasteiger partial charge in [-0.1, -0.05) is 17.9 Å². The Bertz CT molecular complexity index is 605. The average molecular weight is 300 g/mol. The molecule has 1 aliphatic rings. The standard InChI is InChI=1S/C18H24N2O2/c1-18(2,22)10-8-14-6-5-7-15(12-14)17(21)20-11-9-16(13-20)19(3)4/h5-7,12,16,22H,9,11,13H2,1-4H3. The maximum atomic E-state index is 12.6. The van der Waals surface area contributed by atoms with E-state index in [0.29, 0.717) is 11.6 Å². The number of likely N-dealkylation sites (N-methyl/N-ethyl adjacent to an activating group) is 1. The Hall–Kier alpha value is -1.83. The van der Waals surface area contributed by atoms with Crippen LogP contribution < -0.4 is 0 Å². The molecule has 1 unspecified atom stereocenters. The Morgan fingerprint density at radius 3 is 2.73 bits per heavy atom. The molecule has 0 saturated carbocycles. The van der Waals surface area contributed by atoms with E-state index < -0.39 is 5.60 Å². The van der Waals surface area contributed by atoms with Crippen molar-refractivity contribution in [2.45, 2.75) is 31.9 Å². The lowest BCUT2D eigenvalue weighted by Crippen LogP contribution is -2.34. The first-order valence-corrected chi connectivity index (χ1v) is 7.57. The summed E-state index contributed by atoms with van der Waals surface area (Å²) in [4.78, 5) is 16.6. The zero-order chi connectivity index (χ0) is 16.3. The summed E-state index contributed by atoms with van der Waals surface area (Å²) < 4.78 is 0. The summed E-state index contributed by atoms with van der Waals surface area (Å²) in [5.41, 5.74) is 0.367. The van der Waals surface area contributed by atoms with Crippen LogP contribution in [0, 0.1) is 11.8 Å². The van der Waals surface area contributed by atoms with Crippen molar-refractivity contribution in [1.82, 2.24) is 9.80 Å². The molecule has 1 saturated heterocycles. The number of hydrogen-bond donors (Lipinski definition) is 1. The van der Waals surface area contributed by atoms with Gasteiger partial charge in [0.05, 0.1) is 0 Å². The Kier molecular flexibility index (Phi) is 4.90. The highest BCUT2D eigenvalue weighted by Gasteiger charge is 2.27. The minimum Gasteiger partial charge on any atom is -0.378 e. The van der Waals surface area contributed by atoms with Gasteiger partial charge in [0.25, 0.3) is 5.91 Å². The molecule has 1 N–H and O–H groups in total. The molecule has 1 heterocycles. The van der Waals surface area contributed by atoms with Gasteiger partial charge in [0.2, 0.25) is 0 Å².